The fourth-order valence-corrected chi connectivity index (χ4v) is 1.94. The Hall–Kier alpha value is -0.300. The van der Waals surface area contributed by atoms with Crippen LogP contribution in [0.2, 0.25) is 0 Å². The third-order valence-electron chi connectivity index (χ3n) is 1.92. The first kappa shape index (κ1) is 13.8. The Morgan fingerprint density at radius 1 is 1.38 bits per heavy atom. The molecule has 0 atom stereocenters. The van der Waals surface area contributed by atoms with Gasteiger partial charge in [-0.25, -0.2) is 0 Å². The minimum atomic E-state index is -4.43. The van der Waals surface area contributed by atoms with Crippen LogP contribution in [-0.2, 0) is 6.18 Å². The highest BCUT2D eigenvalue weighted by molar-refractivity contribution is 14.1. The molecule has 1 rings (SSSR count). The maximum atomic E-state index is 12.4. The van der Waals surface area contributed by atoms with Crippen LogP contribution in [0.3, 0.4) is 0 Å². The number of hydrogen-bond donors (Lipinski definition) is 0. The number of halogens is 5. The molecule has 0 aliphatic rings. The quantitative estimate of drug-likeness (QED) is 0.449. The van der Waals surface area contributed by atoms with Crippen LogP contribution in [0, 0.1) is 3.57 Å². The molecule has 1 aromatic carbocycles. The molecule has 0 N–H and O–H groups in total. The van der Waals surface area contributed by atoms with Gasteiger partial charge in [-0.3, -0.25) is 4.79 Å². The molecule has 0 saturated heterocycles. The number of Topliss-reactive ketones (excluding diaryl/α,β-unsaturated/α-hetero) is 1. The second-order valence-electron chi connectivity index (χ2n) is 3.05. The van der Waals surface area contributed by atoms with Crippen molar-refractivity contribution in [2.24, 2.45) is 0 Å². The van der Waals surface area contributed by atoms with Crippen LogP contribution in [0.1, 0.15) is 22.3 Å². The topological polar surface area (TPSA) is 17.1 Å². The van der Waals surface area contributed by atoms with Crippen LogP contribution < -0.4 is 0 Å². The Morgan fingerprint density at radius 3 is 2.50 bits per heavy atom. The van der Waals surface area contributed by atoms with Gasteiger partial charge in [-0.2, -0.15) is 13.2 Å². The van der Waals surface area contributed by atoms with E-state index in [4.69, 9.17) is 11.6 Å². The van der Waals surface area contributed by atoms with E-state index in [0.717, 1.165) is 12.1 Å². The first-order valence-corrected chi connectivity index (χ1v) is 5.93. The van der Waals surface area contributed by atoms with Crippen molar-refractivity contribution in [1.29, 1.82) is 0 Å². The maximum Gasteiger partial charge on any atom is 0.416 e. The van der Waals surface area contributed by atoms with Crippen molar-refractivity contribution in [2.75, 3.05) is 5.88 Å². The van der Waals surface area contributed by atoms with Crippen LogP contribution in [0.25, 0.3) is 0 Å². The van der Waals surface area contributed by atoms with Crippen LogP contribution in [0.4, 0.5) is 13.2 Å². The Balaban J connectivity index is 3.14. The summed E-state index contributed by atoms with van der Waals surface area (Å²) in [7, 11) is 0. The van der Waals surface area contributed by atoms with Gasteiger partial charge in [0, 0.05) is 21.4 Å². The second-order valence-corrected chi connectivity index (χ2v) is 4.59. The SMILES string of the molecule is O=C(CCCl)c1cc(C(F)(F)F)ccc1I. The number of ketones is 1. The zero-order chi connectivity index (χ0) is 12.3. The van der Waals surface area contributed by atoms with Crippen molar-refractivity contribution >= 4 is 40.0 Å². The zero-order valence-electron chi connectivity index (χ0n) is 7.94. The molecule has 88 valence electrons. The normalized spacial score (nSPS) is 11.6. The summed E-state index contributed by atoms with van der Waals surface area (Å²) in [6, 6.07) is 3.11. The molecule has 0 unspecified atom stereocenters. The summed E-state index contributed by atoms with van der Waals surface area (Å²) in [6.45, 7) is 0. The predicted octanol–water partition coefficient (Wildman–Crippen LogP) is 4.12. The molecule has 0 bridgehead atoms. The van der Waals surface area contributed by atoms with Gasteiger partial charge in [0.15, 0.2) is 5.78 Å². The molecular weight excluding hydrogens is 355 g/mol. The number of hydrogen-bond acceptors (Lipinski definition) is 1. The van der Waals surface area contributed by atoms with Gasteiger partial charge in [-0.05, 0) is 40.8 Å². The van der Waals surface area contributed by atoms with Gasteiger partial charge in [0.25, 0.3) is 0 Å². The van der Waals surface area contributed by atoms with Crippen LogP contribution in [0.5, 0.6) is 0 Å². The summed E-state index contributed by atoms with van der Waals surface area (Å²) < 4.78 is 37.7. The molecule has 0 aliphatic heterocycles. The summed E-state index contributed by atoms with van der Waals surface area (Å²) >= 11 is 7.21. The Kier molecular flexibility index (Phi) is 4.61. The average Bonchev–Trinajstić information content (AvgIpc) is 2.16. The molecular formula is C10H7ClF3IO. The van der Waals surface area contributed by atoms with E-state index < -0.39 is 11.7 Å². The molecule has 0 aliphatic carbocycles. The first-order valence-electron chi connectivity index (χ1n) is 4.32. The minimum Gasteiger partial charge on any atom is -0.294 e. The van der Waals surface area contributed by atoms with Crippen molar-refractivity contribution in [2.45, 2.75) is 12.6 Å². The van der Waals surface area contributed by atoms with Crippen molar-refractivity contribution in [3.8, 4) is 0 Å². The van der Waals surface area contributed by atoms with E-state index in [1.807, 2.05) is 22.6 Å². The molecule has 1 nitrogen and oxygen atoms in total. The van der Waals surface area contributed by atoms with Crippen molar-refractivity contribution in [1.82, 2.24) is 0 Å². The Labute approximate surface area is 109 Å². The summed E-state index contributed by atoms with van der Waals surface area (Å²) in [5.41, 5.74) is -0.734. The monoisotopic (exact) mass is 362 g/mol. The summed E-state index contributed by atoms with van der Waals surface area (Å²) in [4.78, 5) is 11.5. The lowest BCUT2D eigenvalue weighted by molar-refractivity contribution is -0.137. The highest BCUT2D eigenvalue weighted by Gasteiger charge is 2.31. The highest BCUT2D eigenvalue weighted by atomic mass is 127. The van der Waals surface area contributed by atoms with Gasteiger partial charge >= 0.3 is 6.18 Å². The van der Waals surface area contributed by atoms with Gasteiger partial charge in [-0.1, -0.05) is 0 Å². The summed E-state index contributed by atoms with van der Waals surface area (Å²) in [5.74, 6) is -0.268. The smallest absolute Gasteiger partial charge is 0.294 e. The first-order chi connectivity index (χ1) is 7.36. The van der Waals surface area contributed by atoms with E-state index in [9.17, 15) is 18.0 Å². The van der Waals surface area contributed by atoms with Crippen molar-refractivity contribution < 1.29 is 18.0 Å². The third-order valence-corrected chi connectivity index (χ3v) is 3.05. The lowest BCUT2D eigenvalue weighted by atomic mass is 10.1. The van der Waals surface area contributed by atoms with Gasteiger partial charge in [0.2, 0.25) is 0 Å². The van der Waals surface area contributed by atoms with E-state index in [1.165, 1.54) is 6.07 Å². The maximum absolute atomic E-state index is 12.4. The lowest BCUT2D eigenvalue weighted by Crippen LogP contribution is -2.09. The van der Waals surface area contributed by atoms with Crippen LogP contribution in [-0.4, -0.2) is 11.7 Å². The van der Waals surface area contributed by atoms with Crippen molar-refractivity contribution in [3.63, 3.8) is 0 Å². The van der Waals surface area contributed by atoms with E-state index >= 15 is 0 Å². The standard InChI is InChI=1S/C10H7ClF3IO/c11-4-3-9(16)7-5-6(10(12,13)14)1-2-8(7)15/h1-2,5H,3-4H2. The zero-order valence-corrected chi connectivity index (χ0v) is 10.9. The van der Waals surface area contributed by atoms with Gasteiger partial charge in [-0.15, -0.1) is 11.6 Å². The van der Waals surface area contributed by atoms with Crippen LogP contribution >= 0.6 is 34.2 Å². The molecule has 1 aromatic rings. The molecule has 16 heavy (non-hydrogen) atoms. The summed E-state index contributed by atoms with van der Waals surface area (Å²) in [5, 5.41) is 0. The number of carbonyl (C=O) groups is 1. The van der Waals surface area contributed by atoms with Gasteiger partial charge in [0.05, 0.1) is 5.56 Å². The number of rotatable bonds is 3. The molecule has 0 saturated carbocycles. The summed E-state index contributed by atoms with van der Waals surface area (Å²) in [6.07, 6.45) is -4.39. The second kappa shape index (κ2) is 5.35. The number of benzene rings is 1. The highest BCUT2D eigenvalue weighted by Crippen LogP contribution is 2.31. The molecule has 0 radical (unpaired) electrons. The Morgan fingerprint density at radius 2 is 2.00 bits per heavy atom. The molecule has 0 heterocycles. The largest absolute Gasteiger partial charge is 0.416 e. The predicted molar refractivity (Wildman–Crippen MR) is 63.8 cm³/mol. The minimum absolute atomic E-state index is 0.0405. The number of alkyl halides is 4. The van der Waals surface area contributed by atoms with E-state index in [1.54, 1.807) is 0 Å². The Bertz CT molecular complexity index is 404. The molecule has 0 amide bonds. The van der Waals surface area contributed by atoms with Gasteiger partial charge in [0.1, 0.15) is 0 Å². The van der Waals surface area contributed by atoms with Crippen LogP contribution in [0.15, 0.2) is 18.2 Å². The van der Waals surface area contributed by atoms with Crippen molar-refractivity contribution in [3.05, 3.63) is 32.9 Å². The third kappa shape index (κ3) is 3.35. The molecule has 0 aromatic heterocycles. The van der Waals surface area contributed by atoms with Gasteiger partial charge < -0.3 is 0 Å². The fourth-order valence-electron chi connectivity index (χ4n) is 1.14. The van der Waals surface area contributed by atoms with E-state index in [-0.39, 0.29) is 23.6 Å². The fraction of sp³-hybridized carbons (Fsp3) is 0.300. The van der Waals surface area contributed by atoms with E-state index in [2.05, 4.69) is 0 Å². The lowest BCUT2D eigenvalue weighted by Gasteiger charge is -2.09. The molecule has 0 spiro atoms. The molecule has 0 fully saturated rings. The number of carbonyl (C=O) groups excluding carboxylic acids is 1. The average molecular weight is 363 g/mol. The molecule has 6 heteroatoms. The van der Waals surface area contributed by atoms with E-state index in [0.29, 0.717) is 3.57 Å².